The summed E-state index contributed by atoms with van der Waals surface area (Å²) < 4.78 is 0. The molecule has 4 amide bonds. The van der Waals surface area contributed by atoms with Gasteiger partial charge in [0.05, 0.1) is 12.1 Å². The van der Waals surface area contributed by atoms with E-state index in [0.717, 1.165) is 0 Å². The highest BCUT2D eigenvalue weighted by Crippen LogP contribution is 2.06. The number of nitrogens with one attached hydrogen (secondary N) is 3. The van der Waals surface area contributed by atoms with Crippen molar-refractivity contribution in [2.24, 2.45) is 11.5 Å². The molecule has 5 atom stereocenters. The largest absolute Gasteiger partial charge is 0.480 e. The molecule has 9 N–H and O–H groups in total. The number of amides is 4. The van der Waals surface area contributed by atoms with E-state index in [2.05, 4.69) is 16.0 Å². The lowest BCUT2D eigenvalue weighted by molar-refractivity contribution is -0.145. The first-order valence-electron chi connectivity index (χ1n) is 10.3. The van der Waals surface area contributed by atoms with Gasteiger partial charge in [-0.25, -0.2) is 4.79 Å². The Morgan fingerprint density at radius 3 is 1.82 bits per heavy atom. The first-order valence-corrected chi connectivity index (χ1v) is 13.1. The average molecular weight is 510 g/mol. The number of rotatable bonds is 17. The Bertz CT molecular complexity index is 681. The van der Waals surface area contributed by atoms with Gasteiger partial charge in [0, 0.05) is 6.42 Å². The van der Waals surface area contributed by atoms with Gasteiger partial charge in [0.15, 0.2) is 6.04 Å². The summed E-state index contributed by atoms with van der Waals surface area (Å²) in [7, 11) is 0. The molecule has 0 saturated heterocycles. The normalized spacial score (nSPS) is 15.4. The van der Waals surface area contributed by atoms with E-state index in [-0.39, 0.29) is 19.3 Å². The van der Waals surface area contributed by atoms with Crippen molar-refractivity contribution < 1.29 is 34.2 Å². The molecule has 0 aromatic carbocycles. The molecule has 0 heterocycles. The number of aliphatic hydroxyl groups is 1. The zero-order valence-electron chi connectivity index (χ0n) is 19.0. The molecule has 0 saturated carbocycles. The van der Waals surface area contributed by atoms with Crippen LogP contribution >= 0.6 is 23.5 Å². The van der Waals surface area contributed by atoms with Crippen LogP contribution in [0.3, 0.4) is 0 Å². The lowest BCUT2D eigenvalue weighted by Gasteiger charge is -2.25. The van der Waals surface area contributed by atoms with Gasteiger partial charge in [-0.2, -0.15) is 23.5 Å². The molecule has 0 aliphatic heterocycles. The summed E-state index contributed by atoms with van der Waals surface area (Å²) in [6, 6.07) is -4.74. The van der Waals surface area contributed by atoms with Crippen LogP contribution in [-0.4, -0.2) is 94.1 Å². The predicted molar refractivity (Wildman–Crippen MR) is 128 cm³/mol. The van der Waals surface area contributed by atoms with Crippen LogP contribution in [0, 0.1) is 0 Å². The molecule has 5 unspecified atom stereocenters. The second-order valence-electron chi connectivity index (χ2n) is 7.36. The average Bonchev–Trinajstić information content (AvgIpc) is 2.74. The van der Waals surface area contributed by atoms with Gasteiger partial charge in [-0.1, -0.05) is 0 Å². The molecule has 0 fully saturated rings. The van der Waals surface area contributed by atoms with Crippen molar-refractivity contribution in [2.75, 3.05) is 24.0 Å². The number of carboxylic acids is 1. The molecule has 12 nitrogen and oxygen atoms in total. The van der Waals surface area contributed by atoms with Gasteiger partial charge in [0.2, 0.25) is 23.6 Å². The molecule has 190 valence electrons. The maximum absolute atomic E-state index is 12.9. The van der Waals surface area contributed by atoms with E-state index in [1.54, 1.807) is 0 Å². The topological polar surface area (TPSA) is 214 Å². The number of nitrogens with two attached hydrogens (primary N) is 2. The zero-order valence-corrected chi connectivity index (χ0v) is 20.7. The van der Waals surface area contributed by atoms with Crippen molar-refractivity contribution in [1.29, 1.82) is 0 Å². The van der Waals surface area contributed by atoms with Crippen LogP contribution in [-0.2, 0) is 24.0 Å². The molecule has 0 radical (unpaired) electrons. The van der Waals surface area contributed by atoms with Crippen LogP contribution in [0.2, 0.25) is 0 Å². The van der Waals surface area contributed by atoms with Crippen LogP contribution < -0.4 is 27.4 Å². The van der Waals surface area contributed by atoms with Gasteiger partial charge >= 0.3 is 5.97 Å². The van der Waals surface area contributed by atoms with Gasteiger partial charge in [-0.15, -0.1) is 0 Å². The fourth-order valence-corrected chi connectivity index (χ4v) is 3.59. The fraction of sp³-hybridized carbons (Fsp3) is 0.737. The summed E-state index contributed by atoms with van der Waals surface area (Å²) in [6.45, 7) is 1.18. The quantitative estimate of drug-likeness (QED) is 0.114. The molecular formula is C19H35N5O7S2. The molecule has 14 heteroatoms. The molecule has 0 aromatic rings. The van der Waals surface area contributed by atoms with E-state index in [1.165, 1.54) is 30.4 Å². The van der Waals surface area contributed by atoms with Crippen LogP contribution in [0.15, 0.2) is 0 Å². The number of carbonyl (C=O) groups excluding carboxylic acids is 4. The molecule has 0 bridgehead atoms. The predicted octanol–water partition coefficient (Wildman–Crippen LogP) is -1.99. The van der Waals surface area contributed by atoms with Gasteiger partial charge in [0.1, 0.15) is 12.1 Å². The molecule has 0 aromatic heterocycles. The van der Waals surface area contributed by atoms with Crippen LogP contribution in [0.25, 0.3) is 0 Å². The van der Waals surface area contributed by atoms with Gasteiger partial charge in [0.25, 0.3) is 0 Å². The van der Waals surface area contributed by atoms with Crippen molar-refractivity contribution >= 4 is 53.1 Å². The lowest BCUT2D eigenvalue weighted by Crippen LogP contribution is -2.58. The number of hydrogen-bond donors (Lipinski definition) is 7. The highest BCUT2D eigenvalue weighted by atomic mass is 32.2. The summed E-state index contributed by atoms with van der Waals surface area (Å²) in [5.41, 5.74) is 11.0. The van der Waals surface area contributed by atoms with Gasteiger partial charge < -0.3 is 37.6 Å². The Morgan fingerprint density at radius 2 is 1.33 bits per heavy atom. The summed E-state index contributed by atoms with van der Waals surface area (Å²) >= 11 is 2.98. The highest BCUT2D eigenvalue weighted by molar-refractivity contribution is 7.98. The standard InChI is InChI=1S/C19H35N5O7S2/c1-10(25)15(19(30)31)24-18(29)12(4-5-14(21)26)23-17(28)13(7-9-33-3)22-16(27)11(20)6-8-32-2/h10-13,15,25H,4-9,20H2,1-3H3,(H2,21,26)(H,22,27)(H,23,28)(H,24,29)(H,30,31). The minimum atomic E-state index is -1.62. The SMILES string of the molecule is CSCCC(N)C(=O)NC(CCSC)C(=O)NC(CCC(N)=O)C(=O)NC(C(=O)O)C(C)O. The fourth-order valence-electron chi connectivity index (χ4n) is 2.63. The van der Waals surface area contributed by atoms with E-state index < -0.39 is 59.9 Å². The summed E-state index contributed by atoms with van der Waals surface area (Å²) in [4.78, 5) is 60.4. The van der Waals surface area contributed by atoms with Crippen molar-refractivity contribution in [3.63, 3.8) is 0 Å². The van der Waals surface area contributed by atoms with Crippen LogP contribution in [0.5, 0.6) is 0 Å². The number of carbonyl (C=O) groups is 5. The Kier molecular flexibility index (Phi) is 15.5. The van der Waals surface area contributed by atoms with Crippen LogP contribution in [0.1, 0.15) is 32.6 Å². The third-order valence-corrected chi connectivity index (χ3v) is 5.86. The Labute approximate surface area is 201 Å². The maximum atomic E-state index is 12.9. The number of aliphatic carboxylic acids is 1. The Morgan fingerprint density at radius 1 is 0.848 bits per heavy atom. The number of primary amides is 1. The molecule has 0 rings (SSSR count). The molecule has 0 aliphatic carbocycles. The van der Waals surface area contributed by atoms with E-state index in [9.17, 15) is 34.2 Å². The second kappa shape index (κ2) is 16.6. The zero-order chi connectivity index (χ0) is 25.6. The minimum Gasteiger partial charge on any atom is -0.480 e. The summed E-state index contributed by atoms with van der Waals surface area (Å²) in [6.07, 6.45) is 2.51. The molecule has 0 aliphatic rings. The van der Waals surface area contributed by atoms with E-state index in [0.29, 0.717) is 17.9 Å². The molecule has 0 spiro atoms. The van der Waals surface area contributed by atoms with Crippen molar-refractivity contribution in [3.8, 4) is 0 Å². The first-order chi connectivity index (χ1) is 15.4. The molecule has 33 heavy (non-hydrogen) atoms. The smallest absolute Gasteiger partial charge is 0.328 e. The van der Waals surface area contributed by atoms with E-state index in [4.69, 9.17) is 11.5 Å². The number of hydrogen-bond acceptors (Lipinski definition) is 9. The van der Waals surface area contributed by atoms with Crippen molar-refractivity contribution in [2.45, 2.75) is 62.9 Å². The van der Waals surface area contributed by atoms with Gasteiger partial charge in [-0.3, -0.25) is 19.2 Å². The third-order valence-electron chi connectivity index (χ3n) is 4.57. The highest BCUT2D eigenvalue weighted by Gasteiger charge is 2.31. The minimum absolute atomic E-state index is 0.199. The van der Waals surface area contributed by atoms with Crippen LogP contribution in [0.4, 0.5) is 0 Å². The summed E-state index contributed by atoms with van der Waals surface area (Å²) in [5.74, 6) is -3.11. The first kappa shape index (κ1) is 31.0. The maximum Gasteiger partial charge on any atom is 0.328 e. The van der Waals surface area contributed by atoms with Crippen molar-refractivity contribution in [3.05, 3.63) is 0 Å². The Hall–Kier alpha value is -2.03. The summed E-state index contributed by atoms with van der Waals surface area (Å²) in [5, 5.41) is 25.9. The molecular weight excluding hydrogens is 474 g/mol. The van der Waals surface area contributed by atoms with E-state index in [1.807, 2.05) is 12.5 Å². The number of aliphatic hydroxyl groups excluding tert-OH is 1. The number of carboxylic acid groups (broad SMARTS) is 1. The number of thioether (sulfide) groups is 2. The van der Waals surface area contributed by atoms with Crippen molar-refractivity contribution in [1.82, 2.24) is 16.0 Å². The van der Waals surface area contributed by atoms with Gasteiger partial charge in [-0.05, 0) is 50.2 Å². The Balaban J connectivity index is 5.47. The second-order valence-corrected chi connectivity index (χ2v) is 9.33. The third kappa shape index (κ3) is 12.7. The van der Waals surface area contributed by atoms with E-state index >= 15 is 0 Å². The monoisotopic (exact) mass is 509 g/mol. The lowest BCUT2D eigenvalue weighted by atomic mass is 10.1.